The van der Waals surface area contributed by atoms with Gasteiger partial charge in [-0.05, 0) is 48.2 Å². The van der Waals surface area contributed by atoms with Crippen molar-refractivity contribution >= 4 is 11.9 Å². The molecule has 2 fully saturated rings. The molecule has 0 N–H and O–H groups in total. The van der Waals surface area contributed by atoms with Crippen LogP contribution in [0.1, 0.15) is 48.2 Å². The van der Waals surface area contributed by atoms with E-state index in [-0.39, 0.29) is 6.10 Å². The molecule has 2 aliphatic rings. The maximum absolute atomic E-state index is 9.70. The Balaban J connectivity index is 1.24. The minimum absolute atomic E-state index is 0.0950. The number of benzene rings is 2. The molecule has 2 aromatic carbocycles. The molecule has 5 rings (SSSR count). The van der Waals surface area contributed by atoms with Crippen LogP contribution in [0.3, 0.4) is 0 Å². The number of nitriles is 1. The van der Waals surface area contributed by atoms with E-state index >= 15 is 0 Å². The molecule has 0 bridgehead atoms. The average molecular weight is 487 g/mol. The summed E-state index contributed by atoms with van der Waals surface area (Å²) in [4.78, 5) is 9.27. The molecule has 2 aliphatic heterocycles. The van der Waals surface area contributed by atoms with Crippen LogP contribution < -0.4 is 4.74 Å². The van der Waals surface area contributed by atoms with Gasteiger partial charge in [0.25, 0.3) is 0 Å². The second kappa shape index (κ2) is 11.7. The van der Waals surface area contributed by atoms with Gasteiger partial charge in [-0.1, -0.05) is 36.2 Å². The zero-order chi connectivity index (χ0) is 23.9. The smallest absolute Gasteiger partial charge is 0.137 e. The fourth-order valence-corrected chi connectivity index (χ4v) is 5.46. The van der Waals surface area contributed by atoms with Crippen molar-refractivity contribution in [3.8, 4) is 23.1 Å². The first-order chi connectivity index (χ1) is 17.3. The summed E-state index contributed by atoms with van der Waals surface area (Å²) in [5.41, 5.74) is 4.75. The molecular formula is C28H30N4O2S. The third-order valence-electron chi connectivity index (χ3n) is 6.43. The molecule has 1 aromatic heterocycles. The van der Waals surface area contributed by atoms with Crippen LogP contribution in [0.15, 0.2) is 54.7 Å². The van der Waals surface area contributed by atoms with Crippen molar-refractivity contribution in [1.29, 1.82) is 5.26 Å². The second-order valence-electron chi connectivity index (χ2n) is 9.01. The van der Waals surface area contributed by atoms with Gasteiger partial charge in [0.15, 0.2) is 0 Å². The lowest BCUT2D eigenvalue weighted by molar-refractivity contribution is 0.0254. The standard InChI is InChI=1S/C28H30N4O2S/c29-19-24-18-23(7-8-27(24)34-25-10-15-33-16-11-25)26-9-12-30-28(31-26)17-21-3-5-22(6-4-21)20-35-32-13-1-2-14-32/h3-9,12,18,25H,1-2,10-11,13-17,20H2. The van der Waals surface area contributed by atoms with Crippen LogP contribution >= 0.6 is 11.9 Å². The number of ether oxygens (including phenoxy) is 2. The Hall–Kier alpha value is -2.92. The van der Waals surface area contributed by atoms with Crippen molar-refractivity contribution in [3.05, 3.63) is 77.2 Å². The van der Waals surface area contributed by atoms with Crippen molar-refractivity contribution in [2.45, 2.75) is 44.0 Å². The summed E-state index contributed by atoms with van der Waals surface area (Å²) in [5.74, 6) is 2.41. The van der Waals surface area contributed by atoms with Crippen molar-refractivity contribution in [2.24, 2.45) is 0 Å². The lowest BCUT2D eigenvalue weighted by Gasteiger charge is -2.23. The highest BCUT2D eigenvalue weighted by Crippen LogP contribution is 2.28. The first kappa shape index (κ1) is 23.8. The molecule has 0 spiro atoms. The number of hydrogen-bond donors (Lipinski definition) is 0. The van der Waals surface area contributed by atoms with Crippen LogP contribution in [0.4, 0.5) is 0 Å². The SMILES string of the molecule is N#Cc1cc(-c2ccnc(Cc3ccc(CSN4CCCC4)cc3)n2)ccc1OC1CCOCC1. The number of nitrogens with zero attached hydrogens (tertiary/aromatic N) is 4. The first-order valence-electron chi connectivity index (χ1n) is 12.3. The molecular weight excluding hydrogens is 456 g/mol. The molecule has 0 aliphatic carbocycles. The predicted molar refractivity (Wildman–Crippen MR) is 138 cm³/mol. The van der Waals surface area contributed by atoms with E-state index in [4.69, 9.17) is 14.5 Å². The molecule has 3 heterocycles. The zero-order valence-corrected chi connectivity index (χ0v) is 20.7. The Bertz CT molecular complexity index is 1170. The highest BCUT2D eigenvalue weighted by atomic mass is 32.2. The molecule has 0 atom stereocenters. The average Bonchev–Trinajstić information content (AvgIpc) is 3.43. The molecule has 35 heavy (non-hydrogen) atoms. The fraction of sp³-hybridized carbons (Fsp3) is 0.393. The van der Waals surface area contributed by atoms with Crippen molar-refractivity contribution < 1.29 is 9.47 Å². The molecule has 2 saturated heterocycles. The Morgan fingerprint density at radius 1 is 1.03 bits per heavy atom. The van der Waals surface area contributed by atoms with Crippen LogP contribution in [0.5, 0.6) is 5.75 Å². The molecule has 6 nitrogen and oxygen atoms in total. The summed E-state index contributed by atoms with van der Waals surface area (Å²) in [7, 11) is 0. The Morgan fingerprint density at radius 3 is 2.57 bits per heavy atom. The van der Waals surface area contributed by atoms with Gasteiger partial charge < -0.3 is 9.47 Å². The van der Waals surface area contributed by atoms with Gasteiger partial charge in [0.05, 0.1) is 24.5 Å². The number of hydrogen-bond acceptors (Lipinski definition) is 7. The molecule has 0 saturated carbocycles. The monoisotopic (exact) mass is 486 g/mol. The predicted octanol–water partition coefficient (Wildman–Crippen LogP) is 5.41. The van der Waals surface area contributed by atoms with E-state index in [9.17, 15) is 5.26 Å². The summed E-state index contributed by atoms with van der Waals surface area (Å²) < 4.78 is 14.0. The van der Waals surface area contributed by atoms with E-state index < -0.39 is 0 Å². The molecule has 0 radical (unpaired) electrons. The lowest BCUT2D eigenvalue weighted by Crippen LogP contribution is -2.26. The van der Waals surface area contributed by atoms with Crippen molar-refractivity contribution in [1.82, 2.24) is 14.3 Å². The maximum atomic E-state index is 9.70. The summed E-state index contributed by atoms with van der Waals surface area (Å²) in [6.07, 6.45) is 6.88. The highest BCUT2D eigenvalue weighted by Gasteiger charge is 2.18. The first-order valence-corrected chi connectivity index (χ1v) is 13.3. The lowest BCUT2D eigenvalue weighted by atomic mass is 10.1. The van der Waals surface area contributed by atoms with E-state index in [1.807, 2.05) is 36.2 Å². The Morgan fingerprint density at radius 2 is 1.80 bits per heavy atom. The van der Waals surface area contributed by atoms with Gasteiger partial charge >= 0.3 is 0 Å². The van der Waals surface area contributed by atoms with E-state index in [1.165, 1.54) is 37.1 Å². The summed E-state index contributed by atoms with van der Waals surface area (Å²) in [6.45, 7) is 3.82. The quantitative estimate of drug-likeness (QED) is 0.394. The number of aromatic nitrogens is 2. The van der Waals surface area contributed by atoms with Crippen LogP contribution in [0, 0.1) is 11.3 Å². The Kier molecular flexibility index (Phi) is 7.94. The third kappa shape index (κ3) is 6.40. The summed E-state index contributed by atoms with van der Waals surface area (Å²) in [6, 6.07) is 18.6. The van der Waals surface area contributed by atoms with Gasteiger partial charge in [-0.15, -0.1) is 0 Å². The van der Waals surface area contributed by atoms with Gasteiger partial charge in [0.2, 0.25) is 0 Å². The van der Waals surface area contributed by atoms with Crippen molar-refractivity contribution in [3.63, 3.8) is 0 Å². The van der Waals surface area contributed by atoms with Gasteiger partial charge in [-0.2, -0.15) is 5.26 Å². The van der Waals surface area contributed by atoms with Gasteiger partial charge in [0.1, 0.15) is 23.7 Å². The summed E-state index contributed by atoms with van der Waals surface area (Å²) >= 11 is 1.93. The van der Waals surface area contributed by atoms with Crippen molar-refractivity contribution in [2.75, 3.05) is 26.3 Å². The zero-order valence-electron chi connectivity index (χ0n) is 19.9. The van der Waals surface area contributed by atoms with E-state index in [0.29, 0.717) is 30.9 Å². The second-order valence-corrected chi connectivity index (χ2v) is 10.1. The van der Waals surface area contributed by atoms with Crippen LogP contribution in [0.2, 0.25) is 0 Å². The fourth-order valence-electron chi connectivity index (χ4n) is 4.42. The largest absolute Gasteiger partial charge is 0.489 e. The van der Waals surface area contributed by atoms with Gasteiger partial charge in [-0.3, -0.25) is 4.31 Å². The highest BCUT2D eigenvalue weighted by molar-refractivity contribution is 7.96. The summed E-state index contributed by atoms with van der Waals surface area (Å²) in [5, 5.41) is 9.70. The molecule has 7 heteroatoms. The van der Waals surface area contributed by atoms with Crippen LogP contribution in [-0.4, -0.2) is 46.7 Å². The van der Waals surface area contributed by atoms with Gasteiger partial charge in [-0.25, -0.2) is 9.97 Å². The van der Waals surface area contributed by atoms with E-state index in [1.54, 1.807) is 6.20 Å². The Labute approximate surface area is 211 Å². The molecule has 0 amide bonds. The topological polar surface area (TPSA) is 71.3 Å². The van der Waals surface area contributed by atoms with Crippen LogP contribution in [0.25, 0.3) is 11.3 Å². The molecule has 3 aromatic rings. The molecule has 180 valence electrons. The normalized spacial score (nSPS) is 16.8. The number of rotatable bonds is 8. The third-order valence-corrected chi connectivity index (χ3v) is 7.62. The van der Waals surface area contributed by atoms with Crippen LogP contribution in [-0.2, 0) is 16.9 Å². The minimum Gasteiger partial charge on any atom is -0.489 e. The maximum Gasteiger partial charge on any atom is 0.137 e. The molecule has 0 unspecified atom stereocenters. The minimum atomic E-state index is 0.0950. The van der Waals surface area contributed by atoms with E-state index in [2.05, 4.69) is 39.6 Å². The van der Waals surface area contributed by atoms with E-state index in [0.717, 1.165) is 35.7 Å². The van der Waals surface area contributed by atoms with Gasteiger partial charge in [0, 0.05) is 49.9 Å².